The van der Waals surface area contributed by atoms with Crippen LogP contribution in [0, 0.1) is 27.7 Å². The zero-order chi connectivity index (χ0) is 21.3. The van der Waals surface area contributed by atoms with Gasteiger partial charge in [-0.2, -0.15) is 0 Å². The summed E-state index contributed by atoms with van der Waals surface area (Å²) in [7, 11) is 0. The summed E-state index contributed by atoms with van der Waals surface area (Å²) in [5.41, 5.74) is 7.87. The molecule has 0 unspecified atom stereocenters. The number of benzene rings is 3. The molecule has 0 radical (unpaired) electrons. The van der Waals surface area contributed by atoms with Crippen molar-refractivity contribution in [3.63, 3.8) is 0 Å². The van der Waals surface area contributed by atoms with E-state index in [-0.39, 0.29) is 0 Å². The van der Waals surface area contributed by atoms with E-state index in [1.54, 1.807) is 0 Å². The van der Waals surface area contributed by atoms with E-state index >= 15 is 0 Å². The lowest BCUT2D eigenvalue weighted by Gasteiger charge is -2.19. The van der Waals surface area contributed by atoms with Gasteiger partial charge in [0.15, 0.2) is 0 Å². The molecule has 3 aromatic rings. The molecular weight excluding hydrogens is 455 g/mol. The monoisotopic (exact) mass is 476 g/mol. The Labute approximate surface area is 189 Å². The van der Waals surface area contributed by atoms with Crippen LogP contribution in [-0.2, 0) is 0 Å². The Morgan fingerprint density at radius 1 is 0.700 bits per heavy atom. The van der Waals surface area contributed by atoms with Gasteiger partial charge < -0.3 is 7.58 Å². The predicted molar refractivity (Wildman–Crippen MR) is 129 cm³/mol. The van der Waals surface area contributed by atoms with Crippen LogP contribution in [-0.4, -0.2) is 25.4 Å². The molecule has 1 aliphatic rings. The van der Waals surface area contributed by atoms with Crippen molar-refractivity contribution in [3.8, 4) is 11.5 Å². The van der Waals surface area contributed by atoms with Gasteiger partial charge in [-0.3, -0.25) is 9.98 Å². The van der Waals surface area contributed by atoms with Crippen LogP contribution in [0.25, 0.3) is 0 Å². The van der Waals surface area contributed by atoms with E-state index in [1.807, 2.05) is 50.5 Å². The number of hydrogen-bond acceptors (Lipinski definition) is 4. The fourth-order valence-electron chi connectivity index (χ4n) is 3.66. The molecule has 0 spiro atoms. The number of nitrogens with zero attached hydrogens (tertiary/aromatic N) is 2. The smallest absolute Gasteiger partial charge is 0.603 e. The number of aliphatic imine (C=N–C) groups is 2. The maximum Gasteiger partial charge on any atom is 0.957 e. The molecule has 0 aromatic heterocycles. The molecule has 150 valence electrons. The van der Waals surface area contributed by atoms with Crippen LogP contribution in [0.15, 0.2) is 58.5 Å². The lowest BCUT2D eigenvalue weighted by molar-refractivity contribution is 0.447. The number of para-hydroxylation sites is 2. The predicted octanol–water partition coefficient (Wildman–Crippen LogP) is 6.57. The first-order valence-corrected chi connectivity index (χ1v) is 13.9. The van der Waals surface area contributed by atoms with E-state index in [9.17, 15) is 0 Å². The Bertz CT molecular complexity index is 1080. The zero-order valence-electron chi connectivity index (χ0n) is 17.4. The topological polar surface area (TPSA) is 43.2 Å². The van der Waals surface area contributed by atoms with Crippen LogP contribution in [0.5, 0.6) is 11.5 Å². The number of aryl methyl sites for hydroxylation is 4. The van der Waals surface area contributed by atoms with Crippen LogP contribution in [0.3, 0.4) is 0 Å². The second-order valence-corrected chi connectivity index (χ2v) is 10.8. The van der Waals surface area contributed by atoms with Crippen molar-refractivity contribution >= 4 is 50.8 Å². The first kappa shape index (κ1) is 20.9. The zero-order valence-corrected chi connectivity index (χ0v) is 20.2. The summed E-state index contributed by atoms with van der Waals surface area (Å²) in [6.45, 7) is 8.24. The molecule has 0 saturated carbocycles. The summed E-state index contributed by atoms with van der Waals surface area (Å²) in [6.07, 6.45) is 3.69. The fourth-order valence-corrected chi connectivity index (χ4v) is 5.84. The molecular formula is C24H22AlBrN2O2. The number of rotatable bonds is 0. The molecule has 0 N–H and O–H groups in total. The SMILES string of the molecule is Cc1cc(C)c2c(c1)C=Nc1ccccc1N=Cc1cc(C)cc(C)c1[O][Al]([Br])[O]2. The van der Waals surface area contributed by atoms with Gasteiger partial charge in [0.1, 0.15) is 0 Å². The molecule has 4 nitrogen and oxygen atoms in total. The molecule has 1 heterocycles. The second kappa shape index (κ2) is 8.77. The normalized spacial score (nSPS) is 13.0. The summed E-state index contributed by atoms with van der Waals surface area (Å²) in [5.74, 6) is 1.59. The molecule has 0 fully saturated rings. The van der Waals surface area contributed by atoms with Crippen molar-refractivity contribution in [3.05, 3.63) is 81.9 Å². The van der Waals surface area contributed by atoms with E-state index in [1.165, 1.54) is 0 Å². The Morgan fingerprint density at radius 3 is 1.57 bits per heavy atom. The van der Waals surface area contributed by atoms with Crippen molar-refractivity contribution in [1.82, 2.24) is 0 Å². The maximum atomic E-state index is 6.32. The highest BCUT2D eigenvalue weighted by Gasteiger charge is 2.32. The van der Waals surface area contributed by atoms with Crippen LogP contribution in [0.2, 0.25) is 0 Å². The average Bonchev–Trinajstić information content (AvgIpc) is 2.70. The molecule has 6 heteroatoms. The van der Waals surface area contributed by atoms with Gasteiger partial charge in [0.2, 0.25) is 0 Å². The lowest BCUT2D eigenvalue weighted by Crippen LogP contribution is -2.24. The number of fused-ring (bicyclic) bond motifs is 3. The lowest BCUT2D eigenvalue weighted by atomic mass is 10.1. The van der Waals surface area contributed by atoms with E-state index in [0.717, 1.165) is 56.3 Å². The summed E-state index contributed by atoms with van der Waals surface area (Å²) in [5, 5.41) is 0. The summed E-state index contributed by atoms with van der Waals surface area (Å²) < 4.78 is 12.6. The Kier molecular flexibility index (Phi) is 6.10. The van der Waals surface area contributed by atoms with Crippen LogP contribution >= 0.6 is 14.1 Å². The third kappa shape index (κ3) is 4.52. The second-order valence-electron chi connectivity index (χ2n) is 7.52. The molecule has 1 aliphatic heterocycles. The van der Waals surface area contributed by atoms with Crippen molar-refractivity contribution in [1.29, 1.82) is 0 Å². The molecule has 0 atom stereocenters. The van der Waals surface area contributed by atoms with Gasteiger partial charge in [-0.1, -0.05) is 24.3 Å². The van der Waals surface area contributed by atoms with Gasteiger partial charge in [-0.05, 0) is 74.2 Å². The fraction of sp³-hybridized carbons (Fsp3) is 0.167. The Morgan fingerprint density at radius 2 is 1.13 bits per heavy atom. The first-order chi connectivity index (χ1) is 14.4. The minimum atomic E-state index is -2.21. The van der Waals surface area contributed by atoms with Gasteiger partial charge in [0.25, 0.3) is 0 Å². The first-order valence-electron chi connectivity index (χ1n) is 9.78. The van der Waals surface area contributed by atoms with Gasteiger partial charge >= 0.3 is 13.0 Å². The van der Waals surface area contributed by atoms with E-state index in [4.69, 9.17) is 17.6 Å². The highest BCUT2D eigenvalue weighted by atomic mass is 79.9. The largest absolute Gasteiger partial charge is 0.957 e. The Balaban J connectivity index is 1.92. The Hall–Kier alpha value is -2.39. The van der Waals surface area contributed by atoms with Gasteiger partial charge in [0, 0.05) is 23.6 Å². The standard InChI is InChI=1S/C24H24N2O2.Al.BrH/c1-15-9-17(3)23(27)19(11-15)13-25-21-7-5-6-8-22(21)26-14-20-12-16(2)10-18(4)24(20)28;;/h5-14,27-28H,1-4H3;;1H/q;+3;/p-3. The van der Waals surface area contributed by atoms with Gasteiger partial charge in [-0.15, -0.1) is 14.1 Å². The minimum absolute atomic E-state index is 0.793. The van der Waals surface area contributed by atoms with E-state index in [2.05, 4.69) is 52.2 Å². The molecule has 0 saturated heterocycles. The van der Waals surface area contributed by atoms with Crippen molar-refractivity contribution < 1.29 is 7.58 Å². The van der Waals surface area contributed by atoms with Crippen LogP contribution in [0.1, 0.15) is 33.4 Å². The van der Waals surface area contributed by atoms with Crippen molar-refractivity contribution in [2.75, 3.05) is 0 Å². The quantitative estimate of drug-likeness (QED) is 0.344. The summed E-state index contributed by atoms with van der Waals surface area (Å²) >= 11 is 1.46. The maximum absolute atomic E-state index is 6.32. The number of halogens is 1. The molecule has 0 aliphatic carbocycles. The summed E-state index contributed by atoms with van der Waals surface area (Å²) in [6, 6.07) is 16.2. The molecule has 0 bridgehead atoms. The average molecular weight is 477 g/mol. The van der Waals surface area contributed by atoms with Crippen LogP contribution < -0.4 is 7.58 Å². The van der Waals surface area contributed by atoms with E-state index < -0.39 is 13.0 Å². The highest BCUT2D eigenvalue weighted by Crippen LogP contribution is 2.32. The number of hydrogen-bond donors (Lipinski definition) is 0. The third-order valence-corrected chi connectivity index (χ3v) is 6.85. The van der Waals surface area contributed by atoms with Gasteiger partial charge in [-0.25, -0.2) is 0 Å². The molecule has 4 rings (SSSR count). The third-order valence-electron chi connectivity index (χ3n) is 4.88. The molecule has 30 heavy (non-hydrogen) atoms. The van der Waals surface area contributed by atoms with Crippen molar-refractivity contribution in [2.45, 2.75) is 27.7 Å². The highest BCUT2D eigenvalue weighted by molar-refractivity contribution is 9.24. The van der Waals surface area contributed by atoms with Crippen LogP contribution in [0.4, 0.5) is 11.4 Å². The van der Waals surface area contributed by atoms with Gasteiger partial charge in [0.05, 0.1) is 22.9 Å². The van der Waals surface area contributed by atoms with Crippen molar-refractivity contribution in [2.24, 2.45) is 9.98 Å². The molecule has 3 aromatic carbocycles. The van der Waals surface area contributed by atoms with E-state index in [0.29, 0.717) is 0 Å². The molecule has 0 amide bonds. The minimum Gasteiger partial charge on any atom is -0.603 e. The summed E-state index contributed by atoms with van der Waals surface area (Å²) in [4.78, 5) is 9.46.